The fraction of sp³-hybridized carbons (Fsp3) is 0.250. The van der Waals surface area contributed by atoms with E-state index in [4.69, 9.17) is 10.3 Å². The van der Waals surface area contributed by atoms with E-state index in [1.54, 1.807) is 13.2 Å². The highest BCUT2D eigenvalue weighted by molar-refractivity contribution is 5.44. The topological polar surface area (TPSA) is 43.9 Å². The molecule has 0 aromatic heterocycles. The van der Waals surface area contributed by atoms with Crippen LogP contribution in [0.1, 0.15) is 5.56 Å². The second kappa shape index (κ2) is 3.83. The molecule has 1 aromatic rings. The zero-order valence-corrected chi connectivity index (χ0v) is 6.32. The molecule has 0 saturated heterocycles. The SMILES string of the molecule is COCc1ccccc1N=[N-]. The molecule has 0 saturated carbocycles. The van der Waals surface area contributed by atoms with Gasteiger partial charge in [-0.3, -0.25) is 0 Å². The average Bonchev–Trinajstić information content (AvgIpc) is 2.06. The van der Waals surface area contributed by atoms with Crippen molar-refractivity contribution in [3.05, 3.63) is 35.4 Å². The molecular weight excluding hydrogens is 140 g/mol. The predicted octanol–water partition coefficient (Wildman–Crippen LogP) is 2.49. The van der Waals surface area contributed by atoms with Crippen LogP contribution in [0.15, 0.2) is 29.4 Å². The van der Waals surface area contributed by atoms with E-state index < -0.39 is 0 Å². The number of ether oxygens (including phenoxy) is 1. The molecule has 0 amide bonds. The van der Waals surface area contributed by atoms with Gasteiger partial charge in [-0.15, -0.1) is 0 Å². The number of benzene rings is 1. The minimum Gasteiger partial charge on any atom is -0.706 e. The first-order valence-corrected chi connectivity index (χ1v) is 3.30. The van der Waals surface area contributed by atoms with Crippen LogP contribution in [0.3, 0.4) is 0 Å². The van der Waals surface area contributed by atoms with Gasteiger partial charge in [0.25, 0.3) is 0 Å². The Hall–Kier alpha value is -1.22. The van der Waals surface area contributed by atoms with Crippen LogP contribution in [0, 0.1) is 0 Å². The lowest BCUT2D eigenvalue weighted by molar-refractivity contribution is 0.185. The molecular formula is C8H9N2O-. The quantitative estimate of drug-likeness (QED) is 0.609. The molecule has 0 N–H and O–H groups in total. The van der Waals surface area contributed by atoms with E-state index in [9.17, 15) is 0 Å². The Morgan fingerprint density at radius 1 is 1.45 bits per heavy atom. The second-order valence-electron chi connectivity index (χ2n) is 2.16. The van der Waals surface area contributed by atoms with Crippen LogP contribution in [0.5, 0.6) is 0 Å². The van der Waals surface area contributed by atoms with E-state index in [0.717, 1.165) is 5.56 Å². The lowest BCUT2D eigenvalue weighted by atomic mass is 10.2. The highest BCUT2D eigenvalue weighted by Crippen LogP contribution is 2.18. The molecule has 0 radical (unpaired) electrons. The summed E-state index contributed by atoms with van der Waals surface area (Å²) in [6.45, 7) is 0.472. The molecule has 0 spiro atoms. The van der Waals surface area contributed by atoms with Crippen molar-refractivity contribution in [1.29, 1.82) is 0 Å². The van der Waals surface area contributed by atoms with Gasteiger partial charge in [-0.05, 0) is 6.07 Å². The summed E-state index contributed by atoms with van der Waals surface area (Å²) in [4.78, 5) is 0. The van der Waals surface area contributed by atoms with E-state index in [-0.39, 0.29) is 0 Å². The maximum Gasteiger partial charge on any atom is 0.0733 e. The summed E-state index contributed by atoms with van der Waals surface area (Å²) >= 11 is 0. The zero-order valence-electron chi connectivity index (χ0n) is 6.32. The van der Waals surface area contributed by atoms with Crippen LogP contribution < -0.4 is 0 Å². The number of rotatable bonds is 3. The average molecular weight is 149 g/mol. The van der Waals surface area contributed by atoms with Crippen LogP contribution in [-0.4, -0.2) is 7.11 Å². The minimum absolute atomic E-state index is 0.472. The molecule has 1 rings (SSSR count). The Balaban J connectivity index is 2.92. The minimum atomic E-state index is 0.472. The van der Waals surface area contributed by atoms with E-state index in [1.807, 2.05) is 18.2 Å². The summed E-state index contributed by atoms with van der Waals surface area (Å²) < 4.78 is 4.90. The van der Waals surface area contributed by atoms with E-state index in [1.165, 1.54) is 0 Å². The maximum atomic E-state index is 8.51. The second-order valence-corrected chi connectivity index (χ2v) is 2.16. The summed E-state index contributed by atoms with van der Waals surface area (Å²) in [5, 5.41) is 3.11. The molecule has 0 heterocycles. The van der Waals surface area contributed by atoms with Gasteiger partial charge in [0.2, 0.25) is 0 Å². The van der Waals surface area contributed by atoms with Crippen LogP contribution in [-0.2, 0) is 11.3 Å². The summed E-state index contributed by atoms with van der Waals surface area (Å²) in [6.07, 6.45) is 0. The first-order chi connectivity index (χ1) is 5.38. The van der Waals surface area contributed by atoms with Crippen molar-refractivity contribution in [2.75, 3.05) is 7.11 Å². The molecule has 1 aromatic carbocycles. The summed E-state index contributed by atoms with van der Waals surface area (Å²) in [7, 11) is 1.61. The monoisotopic (exact) mass is 149 g/mol. The first-order valence-electron chi connectivity index (χ1n) is 3.30. The van der Waals surface area contributed by atoms with Crippen molar-refractivity contribution >= 4 is 5.69 Å². The Morgan fingerprint density at radius 2 is 2.18 bits per heavy atom. The molecule has 0 unspecified atom stereocenters. The van der Waals surface area contributed by atoms with Gasteiger partial charge in [0.1, 0.15) is 0 Å². The van der Waals surface area contributed by atoms with Gasteiger partial charge in [-0.2, -0.15) is 0 Å². The van der Waals surface area contributed by atoms with Crippen molar-refractivity contribution in [1.82, 2.24) is 0 Å². The van der Waals surface area contributed by atoms with Gasteiger partial charge < -0.3 is 15.4 Å². The molecule has 0 atom stereocenters. The predicted molar refractivity (Wildman–Crippen MR) is 42.6 cm³/mol. The third kappa shape index (κ3) is 1.85. The maximum absolute atomic E-state index is 8.51. The van der Waals surface area contributed by atoms with E-state index in [0.29, 0.717) is 12.3 Å². The molecule has 3 nitrogen and oxygen atoms in total. The third-order valence-electron chi connectivity index (χ3n) is 1.40. The lowest BCUT2D eigenvalue weighted by Gasteiger charge is -2.04. The number of methoxy groups -OCH3 is 1. The van der Waals surface area contributed by atoms with Gasteiger partial charge >= 0.3 is 0 Å². The summed E-state index contributed by atoms with van der Waals surface area (Å²) in [5.41, 5.74) is 9.97. The van der Waals surface area contributed by atoms with Crippen LogP contribution >= 0.6 is 0 Å². The Kier molecular flexibility index (Phi) is 2.74. The van der Waals surface area contributed by atoms with Gasteiger partial charge in [0, 0.05) is 18.4 Å². The third-order valence-corrected chi connectivity index (χ3v) is 1.40. The van der Waals surface area contributed by atoms with Crippen molar-refractivity contribution in [3.63, 3.8) is 0 Å². The largest absolute Gasteiger partial charge is 0.706 e. The number of hydrogen-bond donors (Lipinski definition) is 0. The molecule has 3 heteroatoms. The fourth-order valence-corrected chi connectivity index (χ4v) is 0.886. The first kappa shape index (κ1) is 7.88. The van der Waals surface area contributed by atoms with Gasteiger partial charge in [-0.1, -0.05) is 18.2 Å². The Labute approximate surface area is 65.5 Å². The zero-order chi connectivity index (χ0) is 8.10. The smallest absolute Gasteiger partial charge is 0.0733 e. The van der Waals surface area contributed by atoms with Crippen molar-refractivity contribution in [2.24, 2.45) is 5.11 Å². The molecule has 11 heavy (non-hydrogen) atoms. The fourth-order valence-electron chi connectivity index (χ4n) is 0.886. The highest BCUT2D eigenvalue weighted by atomic mass is 16.5. The molecule has 58 valence electrons. The van der Waals surface area contributed by atoms with Crippen molar-refractivity contribution < 1.29 is 4.74 Å². The van der Waals surface area contributed by atoms with Crippen molar-refractivity contribution in [3.8, 4) is 0 Å². The van der Waals surface area contributed by atoms with Gasteiger partial charge in [0.05, 0.1) is 6.61 Å². The lowest BCUT2D eigenvalue weighted by Crippen LogP contribution is -1.86. The normalized spacial score (nSPS) is 9.55. The van der Waals surface area contributed by atoms with Gasteiger partial charge in [0.15, 0.2) is 0 Å². The van der Waals surface area contributed by atoms with Gasteiger partial charge in [-0.25, -0.2) is 0 Å². The standard InChI is InChI=1S/C8H9N2O/c1-11-6-7-4-2-3-5-8(7)10-9/h2-5H,6H2,1H3/q-1. The Bertz CT molecular complexity index is 248. The number of nitrogens with zero attached hydrogens (tertiary/aromatic N) is 2. The summed E-state index contributed by atoms with van der Waals surface area (Å²) in [6, 6.07) is 7.28. The van der Waals surface area contributed by atoms with E-state index in [2.05, 4.69) is 5.11 Å². The Morgan fingerprint density at radius 3 is 2.82 bits per heavy atom. The molecule has 0 fully saturated rings. The number of hydrogen-bond acceptors (Lipinski definition) is 2. The molecule has 0 aliphatic carbocycles. The molecule has 0 bridgehead atoms. The van der Waals surface area contributed by atoms with E-state index >= 15 is 0 Å². The highest BCUT2D eigenvalue weighted by Gasteiger charge is 1.94. The van der Waals surface area contributed by atoms with Crippen LogP contribution in [0.2, 0.25) is 0 Å². The van der Waals surface area contributed by atoms with Crippen LogP contribution in [0.4, 0.5) is 5.69 Å². The van der Waals surface area contributed by atoms with Crippen molar-refractivity contribution in [2.45, 2.75) is 6.61 Å². The van der Waals surface area contributed by atoms with Crippen LogP contribution in [0.25, 0.3) is 5.53 Å². The molecule has 0 aliphatic heterocycles. The molecule has 0 aliphatic rings. The summed E-state index contributed by atoms with van der Waals surface area (Å²) in [5.74, 6) is 0.